The van der Waals surface area contributed by atoms with Gasteiger partial charge in [-0.25, -0.2) is 12.8 Å². The predicted molar refractivity (Wildman–Crippen MR) is 99.1 cm³/mol. The molecule has 1 N–H and O–H groups in total. The largest absolute Gasteiger partial charge is 0.505 e. The molecule has 0 spiro atoms. The molecule has 2 aromatic rings. The Morgan fingerprint density at radius 1 is 1.19 bits per heavy atom. The fourth-order valence-electron chi connectivity index (χ4n) is 2.46. The van der Waals surface area contributed by atoms with Gasteiger partial charge in [0.05, 0.1) is 16.3 Å². The van der Waals surface area contributed by atoms with Gasteiger partial charge in [0.1, 0.15) is 0 Å². The van der Waals surface area contributed by atoms with Crippen molar-refractivity contribution in [2.45, 2.75) is 11.4 Å². The van der Waals surface area contributed by atoms with E-state index in [0.29, 0.717) is 11.1 Å². The van der Waals surface area contributed by atoms with Crippen molar-refractivity contribution < 1.29 is 27.5 Å². The van der Waals surface area contributed by atoms with Crippen LogP contribution in [0.3, 0.4) is 0 Å². The first-order chi connectivity index (χ1) is 12.6. The second-order valence-corrected chi connectivity index (χ2v) is 8.91. The molecule has 2 aromatic carbocycles. The number of amides is 2. The molecule has 6 nitrogen and oxygen atoms in total. The maximum Gasteiger partial charge on any atom is 0.293 e. The fraction of sp³-hybridized carbons (Fsp3) is 0.111. The van der Waals surface area contributed by atoms with E-state index in [1.54, 1.807) is 12.1 Å². The van der Waals surface area contributed by atoms with E-state index in [2.05, 4.69) is 0 Å². The maximum absolute atomic E-state index is 13.1. The van der Waals surface area contributed by atoms with Gasteiger partial charge in [-0.15, -0.1) is 0 Å². The molecule has 0 aliphatic carbocycles. The van der Waals surface area contributed by atoms with E-state index < -0.39 is 32.6 Å². The van der Waals surface area contributed by atoms with Gasteiger partial charge in [-0.2, -0.15) is 0 Å². The zero-order valence-corrected chi connectivity index (χ0v) is 15.7. The summed E-state index contributed by atoms with van der Waals surface area (Å²) in [5, 5.41) is 8.91. The molecule has 1 aliphatic rings. The van der Waals surface area contributed by atoms with Crippen molar-refractivity contribution in [3.63, 3.8) is 0 Å². The number of imide groups is 1. The Kier molecular flexibility index (Phi) is 5.07. The lowest BCUT2D eigenvalue weighted by molar-refractivity contribution is -0.123. The van der Waals surface area contributed by atoms with Crippen LogP contribution >= 0.6 is 11.8 Å². The third-order valence-electron chi connectivity index (χ3n) is 3.81. The number of phenols is 1. The molecule has 27 heavy (non-hydrogen) atoms. The number of aromatic hydroxyl groups is 1. The van der Waals surface area contributed by atoms with Gasteiger partial charge in [0, 0.05) is 6.26 Å². The quantitative estimate of drug-likeness (QED) is 0.783. The summed E-state index contributed by atoms with van der Waals surface area (Å²) < 4.78 is 36.4. The SMILES string of the molecule is CS(=O)(=O)c1cccc(CN2C(=O)SC(=Cc3ccc(F)c(O)c3)C2=O)c1. The van der Waals surface area contributed by atoms with E-state index in [4.69, 9.17) is 0 Å². The highest BCUT2D eigenvalue weighted by Gasteiger charge is 2.35. The van der Waals surface area contributed by atoms with Crippen molar-refractivity contribution >= 4 is 38.8 Å². The number of benzene rings is 2. The number of halogens is 1. The topological polar surface area (TPSA) is 91.8 Å². The third kappa shape index (κ3) is 4.20. The van der Waals surface area contributed by atoms with Crippen LogP contribution in [0.2, 0.25) is 0 Å². The van der Waals surface area contributed by atoms with E-state index in [-0.39, 0.29) is 16.3 Å². The van der Waals surface area contributed by atoms with Crippen molar-refractivity contribution in [1.82, 2.24) is 4.90 Å². The fourth-order valence-corrected chi connectivity index (χ4v) is 3.99. The van der Waals surface area contributed by atoms with E-state index >= 15 is 0 Å². The maximum atomic E-state index is 13.1. The molecular formula is C18H14FNO5S2. The molecule has 2 amide bonds. The van der Waals surface area contributed by atoms with Crippen LogP contribution in [0.4, 0.5) is 9.18 Å². The number of carbonyl (C=O) groups is 2. The zero-order chi connectivity index (χ0) is 19.8. The number of sulfone groups is 1. The van der Waals surface area contributed by atoms with Crippen LogP contribution in [-0.2, 0) is 21.2 Å². The molecule has 1 heterocycles. The van der Waals surface area contributed by atoms with Crippen molar-refractivity contribution in [2.24, 2.45) is 0 Å². The predicted octanol–water partition coefficient (Wildman–Crippen LogP) is 3.17. The minimum absolute atomic E-state index is 0.0694. The van der Waals surface area contributed by atoms with Crippen molar-refractivity contribution in [2.75, 3.05) is 6.26 Å². The minimum Gasteiger partial charge on any atom is -0.505 e. The average Bonchev–Trinajstić information content (AvgIpc) is 2.85. The Morgan fingerprint density at radius 3 is 2.59 bits per heavy atom. The summed E-state index contributed by atoms with van der Waals surface area (Å²) in [5.74, 6) is -1.88. The zero-order valence-electron chi connectivity index (χ0n) is 14.0. The van der Waals surface area contributed by atoms with Gasteiger partial charge in [0.2, 0.25) is 0 Å². The molecule has 1 aliphatic heterocycles. The minimum atomic E-state index is -3.40. The number of hydrogen-bond acceptors (Lipinski definition) is 6. The van der Waals surface area contributed by atoms with E-state index in [1.165, 1.54) is 24.3 Å². The normalized spacial score (nSPS) is 16.4. The molecule has 0 bridgehead atoms. The van der Waals surface area contributed by atoms with Gasteiger partial charge in [-0.1, -0.05) is 18.2 Å². The van der Waals surface area contributed by atoms with Gasteiger partial charge in [-0.3, -0.25) is 14.5 Å². The Morgan fingerprint density at radius 2 is 1.93 bits per heavy atom. The van der Waals surface area contributed by atoms with Crippen LogP contribution in [0, 0.1) is 5.82 Å². The van der Waals surface area contributed by atoms with E-state index in [0.717, 1.165) is 35.1 Å². The number of nitrogens with zero attached hydrogens (tertiary/aromatic N) is 1. The Hall–Kier alpha value is -2.65. The van der Waals surface area contributed by atoms with Crippen molar-refractivity contribution in [1.29, 1.82) is 0 Å². The lowest BCUT2D eigenvalue weighted by atomic mass is 10.2. The lowest BCUT2D eigenvalue weighted by Gasteiger charge is -2.13. The van der Waals surface area contributed by atoms with Gasteiger partial charge >= 0.3 is 0 Å². The Labute approximate surface area is 159 Å². The summed E-state index contributed by atoms with van der Waals surface area (Å²) in [6, 6.07) is 9.61. The smallest absolute Gasteiger partial charge is 0.293 e. The molecule has 0 saturated carbocycles. The van der Waals surface area contributed by atoms with Crippen LogP contribution in [-0.4, -0.2) is 35.8 Å². The summed E-state index contributed by atoms with van der Waals surface area (Å²) in [7, 11) is -3.40. The van der Waals surface area contributed by atoms with Crippen LogP contribution in [0.15, 0.2) is 52.3 Å². The molecule has 0 atom stereocenters. The molecule has 0 aromatic heterocycles. The van der Waals surface area contributed by atoms with Crippen LogP contribution in [0.1, 0.15) is 11.1 Å². The van der Waals surface area contributed by atoms with Gasteiger partial charge in [0.15, 0.2) is 21.4 Å². The monoisotopic (exact) mass is 407 g/mol. The third-order valence-corrected chi connectivity index (χ3v) is 5.83. The Balaban J connectivity index is 1.84. The second kappa shape index (κ2) is 7.16. The second-order valence-electron chi connectivity index (χ2n) is 5.90. The first-order valence-electron chi connectivity index (χ1n) is 7.68. The summed E-state index contributed by atoms with van der Waals surface area (Å²) in [6.07, 6.45) is 2.46. The van der Waals surface area contributed by atoms with Gasteiger partial charge < -0.3 is 5.11 Å². The number of thioether (sulfide) groups is 1. The summed E-state index contributed by atoms with van der Waals surface area (Å²) in [5.41, 5.74) is 0.874. The highest BCUT2D eigenvalue weighted by molar-refractivity contribution is 8.18. The van der Waals surface area contributed by atoms with Crippen LogP contribution in [0.25, 0.3) is 6.08 Å². The molecular weight excluding hydrogens is 393 g/mol. The lowest BCUT2D eigenvalue weighted by Crippen LogP contribution is -2.27. The highest BCUT2D eigenvalue weighted by atomic mass is 32.2. The Bertz CT molecular complexity index is 1080. The molecule has 1 saturated heterocycles. The standard InChI is InChI=1S/C18H14FNO5S2/c1-27(24,25)13-4-2-3-12(7-13)10-20-17(22)16(26-18(20)23)9-11-5-6-14(19)15(21)8-11/h2-9,21H,10H2,1H3. The number of phenolic OH excluding ortho intramolecular Hbond substituents is 1. The molecule has 0 radical (unpaired) electrons. The molecule has 9 heteroatoms. The van der Waals surface area contributed by atoms with Gasteiger partial charge in [-0.05, 0) is 53.2 Å². The molecule has 1 fully saturated rings. The van der Waals surface area contributed by atoms with Crippen molar-refractivity contribution in [3.8, 4) is 5.75 Å². The highest BCUT2D eigenvalue weighted by Crippen LogP contribution is 2.34. The van der Waals surface area contributed by atoms with E-state index in [1.807, 2.05) is 0 Å². The molecule has 3 rings (SSSR count). The van der Waals surface area contributed by atoms with Gasteiger partial charge in [0.25, 0.3) is 11.1 Å². The summed E-state index contributed by atoms with van der Waals surface area (Å²) in [6.45, 7) is -0.0694. The first kappa shape index (κ1) is 19.1. The first-order valence-corrected chi connectivity index (χ1v) is 10.4. The van der Waals surface area contributed by atoms with Crippen LogP contribution < -0.4 is 0 Å². The molecule has 0 unspecified atom stereocenters. The summed E-state index contributed by atoms with van der Waals surface area (Å²) in [4.78, 5) is 25.9. The molecule has 140 valence electrons. The number of carbonyl (C=O) groups excluding carboxylic acids is 2. The number of hydrogen-bond donors (Lipinski definition) is 1. The van der Waals surface area contributed by atoms with E-state index in [9.17, 15) is 27.5 Å². The van der Waals surface area contributed by atoms with Crippen molar-refractivity contribution in [3.05, 3.63) is 64.3 Å². The number of rotatable bonds is 4. The summed E-state index contributed by atoms with van der Waals surface area (Å²) >= 11 is 0.721. The van der Waals surface area contributed by atoms with Crippen LogP contribution in [0.5, 0.6) is 5.75 Å². The average molecular weight is 407 g/mol.